The summed E-state index contributed by atoms with van der Waals surface area (Å²) in [4.78, 5) is 2.60. The molecule has 0 aliphatic carbocycles. The van der Waals surface area contributed by atoms with E-state index in [2.05, 4.69) is 47.0 Å². The Hall–Kier alpha value is -1.50. The van der Waals surface area contributed by atoms with E-state index in [1.807, 2.05) is 6.07 Å². The van der Waals surface area contributed by atoms with Crippen LogP contribution in [0.15, 0.2) is 18.2 Å². The zero-order valence-corrected chi connectivity index (χ0v) is 16.0. The van der Waals surface area contributed by atoms with Gasteiger partial charge < -0.3 is 14.8 Å². The minimum absolute atomic E-state index is 0.330. The zero-order chi connectivity index (χ0) is 17.9. The lowest BCUT2D eigenvalue weighted by Crippen LogP contribution is -2.47. The molecule has 0 bridgehead atoms. The minimum atomic E-state index is 0.330. The molecule has 3 unspecified atom stereocenters. The summed E-state index contributed by atoms with van der Waals surface area (Å²) >= 11 is 0. The van der Waals surface area contributed by atoms with Gasteiger partial charge >= 0.3 is 0 Å². The molecule has 3 N–H and O–H groups in total. The number of fused-ring (bicyclic) bond motifs is 1. The van der Waals surface area contributed by atoms with Crippen LogP contribution in [-0.4, -0.2) is 49.5 Å². The summed E-state index contributed by atoms with van der Waals surface area (Å²) < 4.78 is 10.9. The molecule has 3 atom stereocenters. The molecular weight excluding hydrogens is 328 g/mol. The summed E-state index contributed by atoms with van der Waals surface area (Å²) in [5.41, 5.74) is 8.12. The minimum Gasteiger partial charge on any atom is -0.454 e. The predicted octanol–water partition coefficient (Wildman–Crippen LogP) is 2.57. The van der Waals surface area contributed by atoms with Gasteiger partial charge in [0.05, 0.1) is 0 Å². The van der Waals surface area contributed by atoms with Gasteiger partial charge in [0, 0.05) is 43.0 Å². The van der Waals surface area contributed by atoms with Crippen molar-refractivity contribution in [2.45, 2.75) is 57.7 Å². The molecule has 3 aliphatic heterocycles. The number of piperidine rings is 1. The van der Waals surface area contributed by atoms with Crippen molar-refractivity contribution in [2.24, 2.45) is 5.92 Å². The number of anilines is 1. The Labute approximate surface area is 156 Å². The molecule has 6 heteroatoms. The fraction of sp³-hybridized carbons (Fsp3) is 0.700. The van der Waals surface area contributed by atoms with E-state index >= 15 is 0 Å². The van der Waals surface area contributed by atoms with E-state index in [0.29, 0.717) is 24.9 Å². The summed E-state index contributed by atoms with van der Waals surface area (Å²) in [6.07, 6.45) is 4.95. The fourth-order valence-corrected chi connectivity index (χ4v) is 4.41. The van der Waals surface area contributed by atoms with Crippen molar-refractivity contribution < 1.29 is 9.47 Å². The summed E-state index contributed by atoms with van der Waals surface area (Å²) in [6, 6.07) is 7.81. The van der Waals surface area contributed by atoms with Crippen molar-refractivity contribution in [1.29, 1.82) is 0 Å². The Kier molecular flexibility index (Phi) is 5.52. The van der Waals surface area contributed by atoms with Gasteiger partial charge in [-0.15, -0.1) is 0 Å². The lowest BCUT2D eigenvalue weighted by molar-refractivity contribution is 0.174. The van der Waals surface area contributed by atoms with Crippen LogP contribution >= 0.6 is 0 Å². The highest BCUT2D eigenvalue weighted by Gasteiger charge is 2.28. The van der Waals surface area contributed by atoms with Gasteiger partial charge in [-0.2, -0.15) is 0 Å². The lowest BCUT2D eigenvalue weighted by atomic mass is 9.99. The first-order valence-corrected chi connectivity index (χ1v) is 10.1. The van der Waals surface area contributed by atoms with Gasteiger partial charge in [0.25, 0.3) is 0 Å². The van der Waals surface area contributed by atoms with E-state index in [9.17, 15) is 0 Å². The maximum absolute atomic E-state index is 5.49. The normalized spacial score (nSPS) is 28.7. The molecule has 4 rings (SSSR count). The number of nitrogens with zero attached hydrogens (tertiary/aromatic N) is 1. The third-order valence-corrected chi connectivity index (χ3v) is 5.54. The second-order valence-electron chi connectivity index (χ2n) is 8.36. The first-order chi connectivity index (χ1) is 12.7. The Morgan fingerprint density at radius 3 is 2.92 bits per heavy atom. The highest BCUT2D eigenvalue weighted by atomic mass is 16.7. The molecule has 6 nitrogen and oxygen atoms in total. The van der Waals surface area contributed by atoms with Crippen LogP contribution in [0.3, 0.4) is 0 Å². The molecular formula is C20H32N4O2. The van der Waals surface area contributed by atoms with E-state index in [4.69, 9.17) is 9.47 Å². The number of hydrogen-bond acceptors (Lipinski definition) is 6. The van der Waals surface area contributed by atoms with E-state index in [0.717, 1.165) is 36.2 Å². The Morgan fingerprint density at radius 2 is 2.04 bits per heavy atom. The SMILES string of the molecule is CC(C)CC1CC(CN2CCCC(Nc3ccc4c(c3)OCO4)C2)NN1. The number of rotatable bonds is 6. The molecule has 3 aliphatic rings. The van der Waals surface area contributed by atoms with E-state index in [-0.39, 0.29) is 0 Å². The van der Waals surface area contributed by atoms with Crippen LogP contribution in [0.2, 0.25) is 0 Å². The molecule has 144 valence electrons. The summed E-state index contributed by atoms with van der Waals surface area (Å²) in [7, 11) is 0. The number of nitrogens with one attached hydrogen (secondary N) is 3. The number of likely N-dealkylation sites (tertiary alicyclic amines) is 1. The quantitative estimate of drug-likeness (QED) is 0.725. The topological polar surface area (TPSA) is 57.8 Å². The Balaban J connectivity index is 1.27. The van der Waals surface area contributed by atoms with Gasteiger partial charge in [0.2, 0.25) is 6.79 Å². The molecule has 2 saturated heterocycles. The van der Waals surface area contributed by atoms with Crippen LogP contribution in [0.4, 0.5) is 5.69 Å². The largest absolute Gasteiger partial charge is 0.454 e. The molecule has 0 spiro atoms. The summed E-state index contributed by atoms with van der Waals surface area (Å²) in [6.45, 7) is 8.35. The van der Waals surface area contributed by atoms with E-state index in [1.165, 1.54) is 32.2 Å². The van der Waals surface area contributed by atoms with Crippen LogP contribution in [0.25, 0.3) is 0 Å². The molecule has 1 aromatic rings. The van der Waals surface area contributed by atoms with Crippen molar-refractivity contribution in [3.8, 4) is 11.5 Å². The first kappa shape index (κ1) is 17.9. The molecule has 0 aromatic heterocycles. The average molecular weight is 361 g/mol. The number of ether oxygens (including phenoxy) is 2. The second-order valence-corrected chi connectivity index (χ2v) is 8.36. The molecule has 2 fully saturated rings. The van der Waals surface area contributed by atoms with Gasteiger partial charge in [0.15, 0.2) is 11.5 Å². The van der Waals surface area contributed by atoms with Crippen LogP contribution in [0.1, 0.15) is 39.5 Å². The van der Waals surface area contributed by atoms with Crippen molar-refractivity contribution in [3.63, 3.8) is 0 Å². The van der Waals surface area contributed by atoms with Gasteiger partial charge in [-0.3, -0.25) is 15.8 Å². The van der Waals surface area contributed by atoms with Gasteiger partial charge in [0.1, 0.15) is 0 Å². The fourth-order valence-electron chi connectivity index (χ4n) is 4.41. The zero-order valence-electron chi connectivity index (χ0n) is 16.0. The van der Waals surface area contributed by atoms with Crippen LogP contribution in [-0.2, 0) is 0 Å². The van der Waals surface area contributed by atoms with Crippen LogP contribution in [0, 0.1) is 5.92 Å². The van der Waals surface area contributed by atoms with Crippen molar-refractivity contribution in [2.75, 3.05) is 31.7 Å². The number of hydrazine groups is 1. The van der Waals surface area contributed by atoms with Gasteiger partial charge in [-0.1, -0.05) is 13.8 Å². The molecule has 3 heterocycles. The van der Waals surface area contributed by atoms with E-state index in [1.54, 1.807) is 0 Å². The summed E-state index contributed by atoms with van der Waals surface area (Å²) in [5, 5.41) is 3.69. The Bertz CT molecular complexity index is 609. The maximum Gasteiger partial charge on any atom is 0.231 e. The van der Waals surface area contributed by atoms with Crippen LogP contribution in [0.5, 0.6) is 11.5 Å². The third kappa shape index (κ3) is 4.42. The monoisotopic (exact) mass is 360 g/mol. The van der Waals surface area contributed by atoms with Crippen LogP contribution < -0.4 is 25.6 Å². The number of benzene rings is 1. The highest BCUT2D eigenvalue weighted by Crippen LogP contribution is 2.34. The van der Waals surface area contributed by atoms with Crippen molar-refractivity contribution in [1.82, 2.24) is 15.8 Å². The molecule has 0 radical (unpaired) electrons. The average Bonchev–Trinajstić information content (AvgIpc) is 3.23. The smallest absolute Gasteiger partial charge is 0.231 e. The first-order valence-electron chi connectivity index (χ1n) is 10.1. The predicted molar refractivity (Wildman–Crippen MR) is 104 cm³/mol. The molecule has 1 aromatic carbocycles. The standard InChI is InChI=1S/C20H32N4O2/c1-14(2)8-17-9-18(23-22-17)12-24-7-3-4-16(11-24)21-15-5-6-19-20(10-15)26-13-25-19/h5-6,10,14,16-18,21-23H,3-4,7-9,11-13H2,1-2H3. The lowest BCUT2D eigenvalue weighted by Gasteiger charge is -2.35. The summed E-state index contributed by atoms with van der Waals surface area (Å²) in [5.74, 6) is 2.44. The number of hydrogen-bond donors (Lipinski definition) is 3. The van der Waals surface area contributed by atoms with Gasteiger partial charge in [-0.05, 0) is 50.3 Å². The molecule has 0 saturated carbocycles. The van der Waals surface area contributed by atoms with Crippen molar-refractivity contribution >= 4 is 5.69 Å². The van der Waals surface area contributed by atoms with E-state index < -0.39 is 0 Å². The van der Waals surface area contributed by atoms with Crippen molar-refractivity contribution in [3.05, 3.63) is 18.2 Å². The highest BCUT2D eigenvalue weighted by molar-refractivity contribution is 5.56. The molecule has 0 amide bonds. The molecule has 26 heavy (non-hydrogen) atoms. The second kappa shape index (κ2) is 8.03. The maximum atomic E-state index is 5.49. The Morgan fingerprint density at radius 1 is 1.19 bits per heavy atom. The van der Waals surface area contributed by atoms with Gasteiger partial charge in [-0.25, -0.2) is 0 Å². The third-order valence-electron chi connectivity index (χ3n) is 5.54.